The van der Waals surface area contributed by atoms with E-state index in [1.54, 1.807) is 4.90 Å². The summed E-state index contributed by atoms with van der Waals surface area (Å²) in [4.78, 5) is 26.8. The van der Waals surface area contributed by atoms with Gasteiger partial charge in [0.25, 0.3) is 0 Å². The molecule has 122 valence electrons. The van der Waals surface area contributed by atoms with Crippen LogP contribution in [0, 0.1) is 5.92 Å². The van der Waals surface area contributed by atoms with E-state index < -0.39 is 11.6 Å². The van der Waals surface area contributed by atoms with Gasteiger partial charge in [-0.05, 0) is 33.1 Å². The number of carboxylic acid groups (broad SMARTS) is 1. The normalized spacial score (nSPS) is 20.7. The first-order chi connectivity index (χ1) is 9.58. The highest BCUT2D eigenvalue weighted by Gasteiger charge is 2.34. The van der Waals surface area contributed by atoms with E-state index in [0.717, 1.165) is 6.42 Å². The van der Waals surface area contributed by atoms with Crippen molar-refractivity contribution < 1.29 is 19.4 Å². The highest BCUT2D eigenvalue weighted by Crippen LogP contribution is 2.20. The first kappa shape index (κ1) is 17.8. The zero-order valence-electron chi connectivity index (χ0n) is 13.8. The molecule has 1 unspecified atom stereocenters. The Morgan fingerprint density at radius 2 is 1.90 bits per heavy atom. The number of hydrogen-bond donors (Lipinski definition) is 1. The molecule has 0 aliphatic carbocycles. The Kier molecular flexibility index (Phi) is 6.01. The second-order valence-electron chi connectivity index (χ2n) is 7.09. The van der Waals surface area contributed by atoms with Crippen LogP contribution in [0.25, 0.3) is 0 Å². The Balaban J connectivity index is 2.73. The van der Waals surface area contributed by atoms with Crippen LogP contribution in [-0.4, -0.2) is 64.8 Å². The van der Waals surface area contributed by atoms with Crippen molar-refractivity contribution in [1.29, 1.82) is 0 Å². The average Bonchev–Trinajstić information content (AvgIpc) is 2.24. The summed E-state index contributed by atoms with van der Waals surface area (Å²) in [7, 11) is 0. The van der Waals surface area contributed by atoms with E-state index in [1.165, 1.54) is 0 Å². The number of piperazine rings is 1. The first-order valence-electron chi connectivity index (χ1n) is 7.52. The van der Waals surface area contributed by atoms with Crippen molar-refractivity contribution in [3.8, 4) is 0 Å². The summed E-state index contributed by atoms with van der Waals surface area (Å²) in [5.41, 5.74) is -0.516. The second kappa shape index (κ2) is 7.11. The molecule has 6 heteroatoms. The van der Waals surface area contributed by atoms with Gasteiger partial charge in [0.05, 0.1) is 6.54 Å². The second-order valence-corrected chi connectivity index (χ2v) is 7.09. The molecule has 0 aromatic rings. The molecule has 1 aliphatic heterocycles. The minimum Gasteiger partial charge on any atom is -0.480 e. The number of hydrogen-bond acceptors (Lipinski definition) is 4. The predicted octanol–water partition coefficient (Wildman–Crippen LogP) is 2.04. The molecule has 1 amide bonds. The summed E-state index contributed by atoms with van der Waals surface area (Å²) >= 11 is 0. The molecule has 1 atom stereocenters. The molecule has 6 nitrogen and oxygen atoms in total. The third-order valence-electron chi connectivity index (χ3n) is 3.30. The Morgan fingerprint density at radius 3 is 2.38 bits per heavy atom. The number of carbonyl (C=O) groups is 2. The molecule has 0 bridgehead atoms. The highest BCUT2D eigenvalue weighted by molar-refractivity contribution is 5.70. The third-order valence-corrected chi connectivity index (χ3v) is 3.30. The maximum absolute atomic E-state index is 12.3. The van der Waals surface area contributed by atoms with Crippen LogP contribution in [0.3, 0.4) is 0 Å². The fourth-order valence-corrected chi connectivity index (χ4v) is 2.56. The number of nitrogens with zero attached hydrogens (tertiary/aromatic N) is 2. The number of aliphatic carboxylic acids is 1. The molecule has 1 fully saturated rings. The summed E-state index contributed by atoms with van der Waals surface area (Å²) in [5.74, 6) is -0.395. The fourth-order valence-electron chi connectivity index (χ4n) is 2.56. The Hall–Kier alpha value is -1.30. The standard InChI is InChI=1S/C15H28N2O4/c1-11(2)8-12-9-16(10-13(18)19)6-7-17(12)14(20)21-15(3,4)5/h11-12H,6-10H2,1-5H3,(H,18,19). The topological polar surface area (TPSA) is 70.1 Å². The van der Waals surface area contributed by atoms with Crippen molar-refractivity contribution in [3.05, 3.63) is 0 Å². The fraction of sp³-hybridized carbons (Fsp3) is 0.867. The molecule has 1 heterocycles. The zero-order chi connectivity index (χ0) is 16.2. The van der Waals surface area contributed by atoms with E-state index in [-0.39, 0.29) is 18.7 Å². The van der Waals surface area contributed by atoms with Crippen molar-refractivity contribution in [2.45, 2.75) is 52.7 Å². The zero-order valence-corrected chi connectivity index (χ0v) is 13.8. The Bertz CT molecular complexity index is 376. The molecule has 0 aromatic heterocycles. The van der Waals surface area contributed by atoms with Crippen LogP contribution in [0.15, 0.2) is 0 Å². The third kappa shape index (κ3) is 6.33. The van der Waals surface area contributed by atoms with E-state index in [0.29, 0.717) is 25.6 Å². The summed E-state index contributed by atoms with van der Waals surface area (Å²) in [6, 6.07) is 0.00736. The maximum atomic E-state index is 12.3. The minimum absolute atomic E-state index is 0.00736. The van der Waals surface area contributed by atoms with Crippen molar-refractivity contribution >= 4 is 12.1 Å². The minimum atomic E-state index is -0.830. The first-order valence-corrected chi connectivity index (χ1v) is 7.52. The van der Waals surface area contributed by atoms with Gasteiger partial charge in [0, 0.05) is 25.7 Å². The Labute approximate surface area is 127 Å². The lowest BCUT2D eigenvalue weighted by Crippen LogP contribution is -2.57. The van der Waals surface area contributed by atoms with E-state index >= 15 is 0 Å². The van der Waals surface area contributed by atoms with E-state index in [1.807, 2.05) is 25.7 Å². The summed E-state index contributed by atoms with van der Waals surface area (Å²) in [6.45, 7) is 11.4. The molecule has 1 aliphatic rings. The lowest BCUT2D eigenvalue weighted by Gasteiger charge is -2.41. The molecule has 21 heavy (non-hydrogen) atoms. The molecular formula is C15H28N2O4. The molecule has 0 saturated carbocycles. The van der Waals surface area contributed by atoms with E-state index in [9.17, 15) is 9.59 Å². The van der Waals surface area contributed by atoms with Gasteiger partial charge in [0.1, 0.15) is 5.60 Å². The van der Waals surface area contributed by atoms with Crippen LogP contribution in [-0.2, 0) is 9.53 Å². The number of rotatable bonds is 4. The van der Waals surface area contributed by atoms with Gasteiger partial charge in [-0.15, -0.1) is 0 Å². The van der Waals surface area contributed by atoms with Crippen LogP contribution in [0.5, 0.6) is 0 Å². The van der Waals surface area contributed by atoms with Crippen molar-refractivity contribution in [3.63, 3.8) is 0 Å². The van der Waals surface area contributed by atoms with Crippen molar-refractivity contribution in [2.24, 2.45) is 5.92 Å². The smallest absolute Gasteiger partial charge is 0.410 e. The van der Waals surface area contributed by atoms with Crippen LogP contribution in [0.2, 0.25) is 0 Å². The van der Waals surface area contributed by atoms with Gasteiger partial charge >= 0.3 is 12.1 Å². The molecule has 0 aromatic carbocycles. The summed E-state index contributed by atoms with van der Waals surface area (Å²) < 4.78 is 5.46. The quantitative estimate of drug-likeness (QED) is 0.860. The molecule has 0 spiro atoms. The molecule has 1 N–H and O–H groups in total. The highest BCUT2D eigenvalue weighted by atomic mass is 16.6. The molecule has 1 saturated heterocycles. The monoisotopic (exact) mass is 300 g/mol. The largest absolute Gasteiger partial charge is 0.480 e. The SMILES string of the molecule is CC(C)CC1CN(CC(=O)O)CCN1C(=O)OC(C)(C)C. The van der Waals surface area contributed by atoms with Gasteiger partial charge in [-0.1, -0.05) is 13.8 Å². The number of carbonyl (C=O) groups excluding carboxylic acids is 1. The van der Waals surface area contributed by atoms with Crippen molar-refractivity contribution in [2.75, 3.05) is 26.2 Å². The van der Waals surface area contributed by atoms with Crippen LogP contribution >= 0.6 is 0 Å². The van der Waals surface area contributed by atoms with E-state index in [4.69, 9.17) is 9.84 Å². The molecular weight excluding hydrogens is 272 g/mol. The number of amides is 1. The molecule has 1 rings (SSSR count). The lowest BCUT2D eigenvalue weighted by atomic mass is 10.0. The molecule has 0 radical (unpaired) electrons. The van der Waals surface area contributed by atoms with Crippen LogP contribution in [0.4, 0.5) is 4.79 Å². The van der Waals surface area contributed by atoms with Gasteiger partial charge in [-0.3, -0.25) is 9.69 Å². The van der Waals surface area contributed by atoms with Gasteiger partial charge < -0.3 is 14.7 Å². The number of carboxylic acids is 1. The Morgan fingerprint density at radius 1 is 1.29 bits per heavy atom. The summed E-state index contributed by atoms with van der Waals surface area (Å²) in [5, 5.41) is 8.91. The lowest BCUT2D eigenvalue weighted by molar-refractivity contribution is -0.139. The maximum Gasteiger partial charge on any atom is 0.410 e. The predicted molar refractivity (Wildman–Crippen MR) is 80.3 cm³/mol. The van der Waals surface area contributed by atoms with Crippen LogP contribution in [0.1, 0.15) is 41.0 Å². The van der Waals surface area contributed by atoms with Gasteiger partial charge in [0.15, 0.2) is 0 Å². The van der Waals surface area contributed by atoms with Gasteiger partial charge in [0.2, 0.25) is 0 Å². The average molecular weight is 300 g/mol. The van der Waals surface area contributed by atoms with Crippen molar-refractivity contribution in [1.82, 2.24) is 9.80 Å². The van der Waals surface area contributed by atoms with Gasteiger partial charge in [-0.2, -0.15) is 0 Å². The van der Waals surface area contributed by atoms with Gasteiger partial charge in [-0.25, -0.2) is 4.79 Å². The van der Waals surface area contributed by atoms with Crippen LogP contribution < -0.4 is 0 Å². The summed E-state index contributed by atoms with van der Waals surface area (Å²) in [6.07, 6.45) is 0.540. The number of ether oxygens (including phenoxy) is 1. The van der Waals surface area contributed by atoms with E-state index in [2.05, 4.69) is 13.8 Å².